The van der Waals surface area contributed by atoms with E-state index in [0.29, 0.717) is 18.4 Å². The summed E-state index contributed by atoms with van der Waals surface area (Å²) in [5, 5.41) is 8.03. The number of carbonyl (C=O) groups is 1. The van der Waals surface area contributed by atoms with Gasteiger partial charge in [0.1, 0.15) is 5.82 Å². The molecule has 0 radical (unpaired) electrons. The Morgan fingerprint density at radius 1 is 1.33 bits per heavy atom. The molecule has 0 atom stereocenters. The molecule has 1 aromatic rings. The second kappa shape index (κ2) is 6.26. The molecule has 1 fully saturated rings. The highest BCUT2D eigenvalue weighted by molar-refractivity contribution is 7.93. The molecule has 1 saturated carbocycles. The SMILES string of the molecule is O=C(O)/C=C/c1ccc(NS(=O)(=O)C2CCCC2)c(F)c1. The number of carboxylic acid groups (broad SMARTS) is 1. The lowest BCUT2D eigenvalue weighted by atomic mass is 10.2. The van der Waals surface area contributed by atoms with E-state index in [1.165, 1.54) is 18.2 Å². The molecule has 5 nitrogen and oxygen atoms in total. The first-order chi connectivity index (χ1) is 9.88. The summed E-state index contributed by atoms with van der Waals surface area (Å²) >= 11 is 0. The van der Waals surface area contributed by atoms with Gasteiger partial charge in [-0.2, -0.15) is 0 Å². The van der Waals surface area contributed by atoms with Crippen LogP contribution < -0.4 is 4.72 Å². The molecule has 0 aromatic heterocycles. The van der Waals surface area contributed by atoms with Crippen LogP contribution in [0.1, 0.15) is 31.2 Å². The van der Waals surface area contributed by atoms with E-state index in [2.05, 4.69) is 4.72 Å². The molecule has 21 heavy (non-hydrogen) atoms. The minimum absolute atomic E-state index is 0.116. The third-order valence-corrected chi connectivity index (χ3v) is 5.26. The van der Waals surface area contributed by atoms with E-state index in [9.17, 15) is 17.6 Å². The van der Waals surface area contributed by atoms with E-state index >= 15 is 0 Å². The van der Waals surface area contributed by atoms with E-state index in [1.54, 1.807) is 0 Å². The van der Waals surface area contributed by atoms with Gasteiger partial charge in [0, 0.05) is 6.08 Å². The van der Waals surface area contributed by atoms with Crippen LogP contribution in [0.5, 0.6) is 0 Å². The van der Waals surface area contributed by atoms with Crippen LogP contribution in [0, 0.1) is 5.82 Å². The number of carboxylic acids is 1. The zero-order valence-corrected chi connectivity index (χ0v) is 12.1. The molecule has 7 heteroatoms. The Labute approximate surface area is 122 Å². The molecule has 0 saturated heterocycles. The van der Waals surface area contributed by atoms with Crippen LogP contribution in [0.4, 0.5) is 10.1 Å². The quantitative estimate of drug-likeness (QED) is 0.819. The zero-order chi connectivity index (χ0) is 15.5. The molecule has 0 aliphatic heterocycles. The molecule has 0 spiro atoms. The largest absolute Gasteiger partial charge is 0.478 e. The molecule has 0 amide bonds. The number of rotatable bonds is 5. The number of hydrogen-bond donors (Lipinski definition) is 2. The highest BCUT2D eigenvalue weighted by atomic mass is 32.2. The number of nitrogens with one attached hydrogen (secondary N) is 1. The van der Waals surface area contributed by atoms with Crippen LogP contribution in [0.3, 0.4) is 0 Å². The molecular weight excluding hydrogens is 297 g/mol. The molecule has 1 aliphatic carbocycles. The number of benzene rings is 1. The fraction of sp³-hybridized carbons (Fsp3) is 0.357. The van der Waals surface area contributed by atoms with Crippen molar-refractivity contribution in [2.45, 2.75) is 30.9 Å². The first-order valence-corrected chi connectivity index (χ1v) is 8.15. The van der Waals surface area contributed by atoms with Crippen LogP contribution in [0.15, 0.2) is 24.3 Å². The van der Waals surface area contributed by atoms with Gasteiger partial charge in [-0.05, 0) is 36.6 Å². The lowest BCUT2D eigenvalue weighted by molar-refractivity contribution is -0.131. The lowest BCUT2D eigenvalue weighted by Gasteiger charge is -2.14. The molecule has 1 aliphatic rings. The number of halogens is 1. The maximum absolute atomic E-state index is 13.9. The monoisotopic (exact) mass is 313 g/mol. The van der Waals surface area contributed by atoms with Crippen LogP contribution in [0.2, 0.25) is 0 Å². The van der Waals surface area contributed by atoms with Crippen LogP contribution in [-0.4, -0.2) is 24.7 Å². The summed E-state index contributed by atoms with van der Waals surface area (Å²) in [5.41, 5.74) is 0.230. The molecule has 2 rings (SSSR count). The van der Waals surface area contributed by atoms with Gasteiger partial charge in [-0.1, -0.05) is 18.9 Å². The van der Waals surface area contributed by atoms with Gasteiger partial charge < -0.3 is 5.11 Å². The first-order valence-electron chi connectivity index (χ1n) is 6.61. The van der Waals surface area contributed by atoms with Crippen molar-refractivity contribution in [2.24, 2.45) is 0 Å². The molecule has 0 unspecified atom stereocenters. The Morgan fingerprint density at radius 2 is 2.00 bits per heavy atom. The summed E-state index contributed by atoms with van der Waals surface area (Å²) in [5.74, 6) is -1.87. The summed E-state index contributed by atoms with van der Waals surface area (Å²) < 4.78 is 40.3. The normalized spacial score (nSPS) is 16.4. The zero-order valence-electron chi connectivity index (χ0n) is 11.3. The van der Waals surface area contributed by atoms with Crippen molar-refractivity contribution >= 4 is 27.8 Å². The molecule has 114 valence electrons. The van der Waals surface area contributed by atoms with Crippen molar-refractivity contribution in [3.63, 3.8) is 0 Å². The molecule has 1 aromatic carbocycles. The molecule has 0 heterocycles. The Hall–Kier alpha value is -1.89. The fourth-order valence-corrected chi connectivity index (χ4v) is 3.91. The minimum atomic E-state index is -3.58. The number of aliphatic carboxylic acids is 1. The predicted molar refractivity (Wildman–Crippen MR) is 77.9 cm³/mol. The highest BCUT2D eigenvalue weighted by Crippen LogP contribution is 2.27. The summed E-state index contributed by atoms with van der Waals surface area (Å²) in [6.45, 7) is 0. The Bertz CT molecular complexity index is 664. The van der Waals surface area contributed by atoms with Gasteiger partial charge in [0.15, 0.2) is 0 Å². The van der Waals surface area contributed by atoms with Crippen molar-refractivity contribution < 1.29 is 22.7 Å². The summed E-state index contributed by atoms with van der Waals surface area (Å²) in [4.78, 5) is 10.4. The molecular formula is C14H16FNO4S. The topological polar surface area (TPSA) is 83.5 Å². The van der Waals surface area contributed by atoms with Gasteiger partial charge in [0.25, 0.3) is 0 Å². The van der Waals surface area contributed by atoms with E-state index in [-0.39, 0.29) is 5.69 Å². The number of hydrogen-bond acceptors (Lipinski definition) is 3. The first kappa shape index (κ1) is 15.5. The van der Waals surface area contributed by atoms with Crippen molar-refractivity contribution in [1.29, 1.82) is 0 Å². The van der Waals surface area contributed by atoms with E-state index in [4.69, 9.17) is 5.11 Å². The third kappa shape index (κ3) is 4.04. The predicted octanol–water partition coefficient (Wildman–Crippen LogP) is 2.61. The van der Waals surface area contributed by atoms with Crippen LogP contribution >= 0.6 is 0 Å². The highest BCUT2D eigenvalue weighted by Gasteiger charge is 2.29. The maximum Gasteiger partial charge on any atom is 0.328 e. The van der Waals surface area contributed by atoms with Crippen LogP contribution in [0.25, 0.3) is 6.08 Å². The number of sulfonamides is 1. The van der Waals surface area contributed by atoms with Crippen molar-refractivity contribution in [1.82, 2.24) is 0 Å². The average Bonchev–Trinajstić information content (AvgIpc) is 2.94. The average molecular weight is 313 g/mol. The standard InChI is InChI=1S/C14H16FNO4S/c15-12-9-10(6-8-14(17)18)5-7-13(12)16-21(19,20)11-3-1-2-4-11/h5-9,11,16H,1-4H2,(H,17,18)/b8-6+. The van der Waals surface area contributed by atoms with Gasteiger partial charge in [-0.3, -0.25) is 4.72 Å². The maximum atomic E-state index is 13.9. The van der Waals surface area contributed by atoms with Gasteiger partial charge >= 0.3 is 5.97 Å². The summed E-state index contributed by atoms with van der Waals surface area (Å²) in [6.07, 6.45) is 5.05. The van der Waals surface area contributed by atoms with Gasteiger partial charge in [-0.25, -0.2) is 17.6 Å². The Morgan fingerprint density at radius 3 is 2.57 bits per heavy atom. The van der Waals surface area contributed by atoms with Gasteiger partial charge in [-0.15, -0.1) is 0 Å². The lowest BCUT2D eigenvalue weighted by Crippen LogP contribution is -2.25. The Kier molecular flexibility index (Phi) is 4.62. The smallest absolute Gasteiger partial charge is 0.328 e. The van der Waals surface area contributed by atoms with Crippen molar-refractivity contribution in [3.8, 4) is 0 Å². The third-order valence-electron chi connectivity index (χ3n) is 3.40. The molecule has 0 bridgehead atoms. The van der Waals surface area contributed by atoms with Gasteiger partial charge in [0.2, 0.25) is 10.0 Å². The summed E-state index contributed by atoms with van der Waals surface area (Å²) in [6, 6.07) is 3.84. The second-order valence-corrected chi connectivity index (χ2v) is 6.93. The van der Waals surface area contributed by atoms with Crippen molar-refractivity contribution in [3.05, 3.63) is 35.7 Å². The second-order valence-electron chi connectivity index (χ2n) is 4.96. The van der Waals surface area contributed by atoms with Crippen LogP contribution in [-0.2, 0) is 14.8 Å². The van der Waals surface area contributed by atoms with Gasteiger partial charge in [0.05, 0.1) is 10.9 Å². The number of anilines is 1. The van der Waals surface area contributed by atoms with Crippen molar-refractivity contribution in [2.75, 3.05) is 4.72 Å². The summed E-state index contributed by atoms with van der Waals surface area (Å²) in [7, 11) is -3.58. The minimum Gasteiger partial charge on any atom is -0.478 e. The van der Waals surface area contributed by atoms with E-state index in [0.717, 1.165) is 25.0 Å². The molecule has 2 N–H and O–H groups in total. The Balaban J connectivity index is 2.16. The van der Waals surface area contributed by atoms with E-state index < -0.39 is 27.1 Å². The van der Waals surface area contributed by atoms with E-state index in [1.807, 2.05) is 0 Å². The fourth-order valence-electron chi connectivity index (χ4n) is 2.32.